The number of fused-ring (bicyclic) bond motifs is 1. The van der Waals surface area contributed by atoms with Crippen LogP contribution in [-0.2, 0) is 30.7 Å². The predicted molar refractivity (Wildman–Crippen MR) is 172 cm³/mol. The van der Waals surface area contributed by atoms with Gasteiger partial charge >= 0.3 is 5.97 Å². The lowest BCUT2D eigenvalue weighted by molar-refractivity contribution is -0.146. The standard InChI is InChI=1S/C28H25BrCl2FN5O6S2/c29-18-12-16(4-5-21(18)32)13-24(28(39)43-11-8-37-6-9-42-10-7-37)33-27(38)17-14-19(30)20(31)15-23(17)36-45(40,41)25-3-1-2-22-26(25)35-44-34-22/h1-5,12,14-15,24,36H,6-11,13H2,(H,33,38)/t24-/m0/s1. The number of hydrogen-bond acceptors (Lipinski definition) is 10. The number of halogens is 4. The van der Waals surface area contributed by atoms with Crippen LogP contribution >= 0.6 is 50.9 Å². The number of morpholine rings is 1. The molecule has 0 saturated carbocycles. The molecular weight excluding hydrogens is 736 g/mol. The molecule has 45 heavy (non-hydrogen) atoms. The zero-order valence-corrected chi connectivity index (χ0v) is 28.0. The first-order chi connectivity index (χ1) is 21.5. The quantitative estimate of drug-likeness (QED) is 0.204. The number of rotatable bonds is 11. The van der Waals surface area contributed by atoms with Gasteiger partial charge in [-0.15, -0.1) is 0 Å². The second-order valence-electron chi connectivity index (χ2n) is 9.91. The summed E-state index contributed by atoms with van der Waals surface area (Å²) in [4.78, 5) is 28.9. The number of benzene rings is 3. The third-order valence-corrected chi connectivity index (χ3v) is 10.1. The van der Waals surface area contributed by atoms with E-state index in [2.05, 4.69) is 39.6 Å². The molecule has 2 heterocycles. The maximum atomic E-state index is 13.9. The van der Waals surface area contributed by atoms with Crippen LogP contribution in [-0.4, -0.2) is 79.4 Å². The van der Waals surface area contributed by atoms with Crippen molar-refractivity contribution in [2.75, 3.05) is 44.2 Å². The van der Waals surface area contributed by atoms with Gasteiger partial charge in [-0.25, -0.2) is 17.6 Å². The molecule has 2 N–H and O–H groups in total. The van der Waals surface area contributed by atoms with Gasteiger partial charge in [0, 0.05) is 26.1 Å². The Morgan fingerprint density at radius 2 is 1.87 bits per heavy atom. The SMILES string of the molecule is O=C(N[C@@H](Cc1ccc(F)c(Br)c1)C(=O)OCCN1CCOCC1)c1cc(Cl)c(Cl)cc1NS(=O)(=O)c1cccc2nsnc12. The van der Waals surface area contributed by atoms with Crippen molar-refractivity contribution in [2.45, 2.75) is 17.4 Å². The van der Waals surface area contributed by atoms with E-state index in [0.717, 1.165) is 11.7 Å². The Morgan fingerprint density at radius 3 is 2.62 bits per heavy atom. The van der Waals surface area contributed by atoms with Crippen LogP contribution in [0.15, 0.2) is 57.9 Å². The topological polar surface area (TPSA) is 140 Å². The first-order valence-electron chi connectivity index (χ1n) is 13.5. The fraction of sp³-hybridized carbons (Fsp3) is 0.286. The monoisotopic (exact) mass is 759 g/mol. The third-order valence-electron chi connectivity index (χ3n) is 6.86. The average Bonchev–Trinajstić information content (AvgIpc) is 3.50. The molecule has 238 valence electrons. The maximum Gasteiger partial charge on any atom is 0.329 e. The Morgan fingerprint density at radius 1 is 1.11 bits per heavy atom. The van der Waals surface area contributed by atoms with Gasteiger partial charge in [0.05, 0.1) is 50.7 Å². The summed E-state index contributed by atoms with van der Waals surface area (Å²) in [5.74, 6) is -2.07. The van der Waals surface area contributed by atoms with Crippen LogP contribution in [0.2, 0.25) is 10.0 Å². The van der Waals surface area contributed by atoms with Crippen molar-refractivity contribution in [3.63, 3.8) is 0 Å². The summed E-state index contributed by atoms with van der Waals surface area (Å²) in [7, 11) is -4.29. The van der Waals surface area contributed by atoms with Gasteiger partial charge in [-0.05, 0) is 57.9 Å². The van der Waals surface area contributed by atoms with Crippen molar-refractivity contribution in [1.29, 1.82) is 0 Å². The number of carbonyl (C=O) groups excluding carboxylic acids is 2. The summed E-state index contributed by atoms with van der Waals surface area (Å²) in [6, 6.07) is 9.85. The highest BCUT2D eigenvalue weighted by Gasteiger charge is 2.28. The van der Waals surface area contributed by atoms with Gasteiger partial charge in [0.15, 0.2) is 0 Å². The summed E-state index contributed by atoms with van der Waals surface area (Å²) < 4.78 is 62.4. The Balaban J connectivity index is 1.40. The fourth-order valence-electron chi connectivity index (χ4n) is 4.55. The van der Waals surface area contributed by atoms with Crippen LogP contribution < -0.4 is 10.0 Å². The zero-order valence-electron chi connectivity index (χ0n) is 23.3. The van der Waals surface area contributed by atoms with E-state index in [1.54, 1.807) is 6.07 Å². The molecule has 3 aromatic carbocycles. The van der Waals surface area contributed by atoms with E-state index in [-0.39, 0.29) is 49.2 Å². The van der Waals surface area contributed by atoms with Gasteiger partial charge in [-0.3, -0.25) is 14.4 Å². The number of ether oxygens (including phenoxy) is 2. The van der Waals surface area contributed by atoms with Gasteiger partial charge in [0.1, 0.15) is 34.4 Å². The summed E-state index contributed by atoms with van der Waals surface area (Å²) >= 11 is 16.4. The van der Waals surface area contributed by atoms with Crippen LogP contribution in [0.1, 0.15) is 15.9 Å². The number of anilines is 1. The molecule has 11 nitrogen and oxygen atoms in total. The summed E-state index contributed by atoms with van der Waals surface area (Å²) in [5.41, 5.74) is 0.677. The van der Waals surface area contributed by atoms with E-state index in [1.807, 2.05) is 0 Å². The lowest BCUT2D eigenvalue weighted by Gasteiger charge is -2.26. The Hall–Kier alpha value is -2.92. The molecule has 0 radical (unpaired) electrons. The molecule has 0 spiro atoms. The Kier molecular flexibility index (Phi) is 10.9. The average molecular weight is 761 g/mol. The highest BCUT2D eigenvalue weighted by Crippen LogP contribution is 2.32. The van der Waals surface area contributed by atoms with E-state index in [9.17, 15) is 22.4 Å². The van der Waals surface area contributed by atoms with Crippen molar-refractivity contribution in [2.24, 2.45) is 0 Å². The predicted octanol–water partition coefficient (Wildman–Crippen LogP) is 4.92. The van der Waals surface area contributed by atoms with Crippen LogP contribution in [0.4, 0.5) is 10.1 Å². The van der Waals surface area contributed by atoms with E-state index in [4.69, 9.17) is 32.7 Å². The molecule has 0 aliphatic carbocycles. The molecule has 1 fully saturated rings. The molecule has 1 atom stereocenters. The number of amides is 1. The minimum absolute atomic E-state index is 0.0188. The van der Waals surface area contributed by atoms with Crippen molar-refractivity contribution in [3.8, 4) is 0 Å². The molecule has 0 bridgehead atoms. The third kappa shape index (κ3) is 8.27. The van der Waals surface area contributed by atoms with Gasteiger partial charge in [0.2, 0.25) is 0 Å². The van der Waals surface area contributed by atoms with Crippen molar-refractivity contribution in [1.82, 2.24) is 19.0 Å². The number of nitrogens with one attached hydrogen (secondary N) is 2. The second-order valence-corrected chi connectivity index (χ2v) is 13.8. The van der Waals surface area contributed by atoms with Crippen LogP contribution in [0.5, 0.6) is 0 Å². The smallest absolute Gasteiger partial charge is 0.329 e. The number of aromatic nitrogens is 2. The van der Waals surface area contributed by atoms with Crippen molar-refractivity contribution in [3.05, 3.63) is 80.0 Å². The molecule has 1 aliphatic heterocycles. The van der Waals surface area contributed by atoms with Crippen molar-refractivity contribution < 1.29 is 31.9 Å². The second kappa shape index (κ2) is 14.7. The molecule has 1 aliphatic rings. The van der Waals surface area contributed by atoms with Gasteiger partial charge in [-0.1, -0.05) is 35.3 Å². The zero-order chi connectivity index (χ0) is 32.1. The number of nitrogens with zero attached hydrogens (tertiary/aromatic N) is 3. The normalized spacial score (nSPS) is 14.7. The summed E-state index contributed by atoms with van der Waals surface area (Å²) in [6.45, 7) is 3.09. The van der Waals surface area contributed by atoms with E-state index in [0.29, 0.717) is 43.9 Å². The molecule has 1 aromatic heterocycles. The Bertz CT molecular complexity index is 1840. The number of esters is 1. The van der Waals surface area contributed by atoms with E-state index < -0.39 is 33.8 Å². The van der Waals surface area contributed by atoms with E-state index in [1.165, 1.54) is 42.5 Å². The number of carbonyl (C=O) groups is 2. The van der Waals surface area contributed by atoms with Gasteiger partial charge in [0.25, 0.3) is 15.9 Å². The summed E-state index contributed by atoms with van der Waals surface area (Å²) in [5, 5.41) is 2.58. The van der Waals surface area contributed by atoms with E-state index >= 15 is 0 Å². The fourth-order valence-corrected chi connectivity index (χ4v) is 7.14. The first kappa shape index (κ1) is 33.4. The minimum Gasteiger partial charge on any atom is -0.463 e. The summed E-state index contributed by atoms with van der Waals surface area (Å²) in [6.07, 6.45) is -0.0534. The Labute approximate surface area is 280 Å². The molecule has 1 amide bonds. The maximum absolute atomic E-state index is 13.9. The molecule has 5 rings (SSSR count). The lowest BCUT2D eigenvalue weighted by atomic mass is 10.0. The number of hydrogen-bond donors (Lipinski definition) is 2. The number of sulfonamides is 1. The van der Waals surface area contributed by atoms with Crippen molar-refractivity contribution >= 4 is 89.5 Å². The van der Waals surface area contributed by atoms with Gasteiger partial charge < -0.3 is 14.8 Å². The van der Waals surface area contributed by atoms with Crippen LogP contribution in [0.3, 0.4) is 0 Å². The molecule has 1 saturated heterocycles. The highest BCUT2D eigenvalue weighted by molar-refractivity contribution is 9.10. The molecule has 17 heteroatoms. The molecule has 0 unspecified atom stereocenters. The van der Waals surface area contributed by atoms with Crippen LogP contribution in [0.25, 0.3) is 11.0 Å². The molecule has 4 aromatic rings. The highest BCUT2D eigenvalue weighted by atomic mass is 79.9. The van der Waals surface area contributed by atoms with Gasteiger partial charge in [-0.2, -0.15) is 8.75 Å². The largest absolute Gasteiger partial charge is 0.463 e. The lowest BCUT2D eigenvalue weighted by Crippen LogP contribution is -2.45. The first-order valence-corrected chi connectivity index (χ1v) is 17.2. The minimum atomic E-state index is -4.29. The van der Waals surface area contributed by atoms with Crippen LogP contribution in [0, 0.1) is 5.82 Å². The molecular formula is C28H25BrCl2FN5O6S2.